The van der Waals surface area contributed by atoms with Crippen LogP contribution >= 0.6 is 0 Å². The first-order valence-electron chi connectivity index (χ1n) is 8.16. The van der Waals surface area contributed by atoms with Gasteiger partial charge in [-0.3, -0.25) is 0 Å². The van der Waals surface area contributed by atoms with Crippen molar-refractivity contribution in [3.8, 4) is 5.75 Å². The van der Waals surface area contributed by atoms with Crippen LogP contribution in [0.3, 0.4) is 0 Å². The Balaban J connectivity index is 1.79. The highest BCUT2D eigenvalue weighted by molar-refractivity contribution is 6.25. The summed E-state index contributed by atoms with van der Waals surface area (Å²) >= 11 is 0. The maximum atomic E-state index is 10.8. The number of hydrogen-bond acceptors (Lipinski definition) is 3. The van der Waals surface area contributed by atoms with Gasteiger partial charge in [0.15, 0.2) is 5.82 Å². The molecule has 0 amide bonds. The Kier molecular flexibility index (Phi) is 2.94. The minimum Gasteiger partial charge on any atom is -0.507 e. The van der Waals surface area contributed by atoms with Crippen molar-refractivity contribution in [3.05, 3.63) is 78.5 Å². The van der Waals surface area contributed by atoms with E-state index in [1.165, 1.54) is 16.2 Å². The fourth-order valence-electron chi connectivity index (χ4n) is 3.48. The maximum Gasteiger partial charge on any atom is 0.151 e. The minimum absolute atomic E-state index is 0.255. The Morgan fingerprint density at radius 2 is 1.60 bits per heavy atom. The summed E-state index contributed by atoms with van der Waals surface area (Å²) in [5, 5.41) is 17.4. The van der Waals surface area contributed by atoms with Crippen LogP contribution in [0.1, 0.15) is 5.56 Å². The summed E-state index contributed by atoms with van der Waals surface area (Å²) in [5.41, 5.74) is 0.691. The summed E-state index contributed by atoms with van der Waals surface area (Å²) in [7, 11) is 0. The van der Waals surface area contributed by atoms with Crippen molar-refractivity contribution < 1.29 is 5.11 Å². The van der Waals surface area contributed by atoms with Gasteiger partial charge in [-0.25, -0.2) is 9.98 Å². The van der Waals surface area contributed by atoms with Gasteiger partial charge in [-0.05, 0) is 45.8 Å². The molecule has 0 saturated heterocycles. The highest BCUT2D eigenvalue weighted by atomic mass is 16.3. The van der Waals surface area contributed by atoms with Crippen molar-refractivity contribution in [3.63, 3.8) is 0 Å². The predicted octanol–water partition coefficient (Wildman–Crippen LogP) is 5.44. The molecule has 3 heteroatoms. The Hall–Kier alpha value is -3.46. The van der Waals surface area contributed by atoms with Crippen LogP contribution in [0.15, 0.2) is 77.9 Å². The number of aromatic nitrogens is 1. The lowest BCUT2D eigenvalue weighted by atomic mass is 9.92. The quantitative estimate of drug-likeness (QED) is 0.348. The molecule has 1 heterocycles. The van der Waals surface area contributed by atoms with E-state index < -0.39 is 0 Å². The van der Waals surface area contributed by atoms with Crippen LogP contribution in [-0.2, 0) is 0 Å². The lowest BCUT2D eigenvalue weighted by molar-refractivity contribution is 0.481. The normalized spacial score (nSPS) is 12.0. The van der Waals surface area contributed by atoms with Crippen molar-refractivity contribution >= 4 is 44.3 Å². The number of benzene rings is 4. The van der Waals surface area contributed by atoms with Gasteiger partial charge in [0.05, 0.1) is 0 Å². The van der Waals surface area contributed by atoms with E-state index in [1.54, 1.807) is 12.4 Å². The second kappa shape index (κ2) is 5.28. The van der Waals surface area contributed by atoms with Gasteiger partial charge in [0.2, 0.25) is 0 Å². The number of pyridine rings is 1. The van der Waals surface area contributed by atoms with Gasteiger partial charge in [-0.15, -0.1) is 0 Å². The third kappa shape index (κ3) is 2.13. The molecule has 0 spiro atoms. The summed E-state index contributed by atoms with van der Waals surface area (Å²) < 4.78 is 0. The zero-order valence-corrected chi connectivity index (χ0v) is 13.3. The van der Waals surface area contributed by atoms with Crippen LogP contribution < -0.4 is 0 Å². The summed E-state index contributed by atoms with van der Waals surface area (Å²) in [6.45, 7) is 0. The first-order chi connectivity index (χ1) is 12.3. The zero-order chi connectivity index (χ0) is 16.8. The highest BCUT2D eigenvalue weighted by Gasteiger charge is 2.13. The number of nitrogens with zero attached hydrogens (tertiary/aromatic N) is 2. The molecule has 0 aliphatic rings. The van der Waals surface area contributed by atoms with Gasteiger partial charge in [-0.1, -0.05) is 42.5 Å². The van der Waals surface area contributed by atoms with E-state index >= 15 is 0 Å². The fraction of sp³-hybridized carbons (Fsp3) is 0. The number of phenols is 1. The van der Waals surface area contributed by atoms with E-state index in [4.69, 9.17) is 0 Å². The molecule has 1 aromatic heterocycles. The van der Waals surface area contributed by atoms with Gasteiger partial charge in [0.25, 0.3) is 0 Å². The van der Waals surface area contributed by atoms with Crippen molar-refractivity contribution in [2.75, 3.05) is 0 Å². The second-order valence-corrected chi connectivity index (χ2v) is 6.12. The topological polar surface area (TPSA) is 45.5 Å². The number of rotatable bonds is 2. The molecule has 5 aromatic rings. The van der Waals surface area contributed by atoms with E-state index in [-0.39, 0.29) is 5.75 Å². The predicted molar refractivity (Wildman–Crippen MR) is 103 cm³/mol. The monoisotopic (exact) mass is 322 g/mol. The van der Waals surface area contributed by atoms with Crippen molar-refractivity contribution in [1.82, 2.24) is 4.98 Å². The molecule has 0 bridgehead atoms. The van der Waals surface area contributed by atoms with Gasteiger partial charge in [0.1, 0.15) is 5.75 Å². The van der Waals surface area contributed by atoms with E-state index in [9.17, 15) is 5.11 Å². The molecule has 1 N–H and O–H groups in total. The summed E-state index contributed by atoms with van der Waals surface area (Å²) in [4.78, 5) is 8.56. The largest absolute Gasteiger partial charge is 0.507 e. The van der Waals surface area contributed by atoms with Crippen LogP contribution in [0.2, 0.25) is 0 Å². The molecule has 0 aliphatic heterocycles. The first-order valence-corrected chi connectivity index (χ1v) is 8.16. The molecule has 4 aromatic carbocycles. The van der Waals surface area contributed by atoms with E-state index in [0.717, 1.165) is 16.2 Å². The van der Waals surface area contributed by atoms with Gasteiger partial charge in [-0.2, -0.15) is 0 Å². The molecule has 118 valence electrons. The molecule has 25 heavy (non-hydrogen) atoms. The van der Waals surface area contributed by atoms with E-state index in [1.807, 2.05) is 30.3 Å². The highest BCUT2D eigenvalue weighted by Crippen LogP contribution is 2.39. The second-order valence-electron chi connectivity index (χ2n) is 6.12. The third-order valence-electron chi connectivity index (χ3n) is 4.63. The molecule has 0 unspecified atom stereocenters. The van der Waals surface area contributed by atoms with Gasteiger partial charge in [0, 0.05) is 28.7 Å². The zero-order valence-electron chi connectivity index (χ0n) is 13.3. The number of phenolic OH excluding ortho intramolecular Hbond substituents is 1. The van der Waals surface area contributed by atoms with Crippen LogP contribution in [0.25, 0.3) is 32.3 Å². The molecule has 0 aliphatic carbocycles. The average Bonchev–Trinajstić information content (AvgIpc) is 2.67. The van der Waals surface area contributed by atoms with Crippen LogP contribution in [0.5, 0.6) is 5.75 Å². The fourth-order valence-corrected chi connectivity index (χ4v) is 3.48. The molecule has 3 nitrogen and oxygen atoms in total. The molecule has 0 atom stereocenters. The van der Waals surface area contributed by atoms with E-state index in [0.29, 0.717) is 11.4 Å². The third-order valence-corrected chi connectivity index (χ3v) is 4.63. The standard InChI is InChI=1S/C22H14N2O/c25-22-17(13-24-19-6-1-2-11-23-19)12-16-8-7-14-4-3-5-15-9-10-18(22)21(16)20(14)15/h1-13,25H/b24-13+. The lowest BCUT2D eigenvalue weighted by Crippen LogP contribution is -1.89. The molecular formula is C22H14N2O. The number of hydrogen-bond donors (Lipinski definition) is 1. The van der Waals surface area contributed by atoms with Crippen molar-refractivity contribution in [2.45, 2.75) is 0 Å². The van der Waals surface area contributed by atoms with Crippen LogP contribution in [-0.4, -0.2) is 16.3 Å². The van der Waals surface area contributed by atoms with Crippen molar-refractivity contribution in [2.24, 2.45) is 4.99 Å². The lowest BCUT2D eigenvalue weighted by Gasteiger charge is -2.13. The summed E-state index contributed by atoms with van der Waals surface area (Å²) in [6, 6.07) is 22.1. The average molecular weight is 322 g/mol. The summed E-state index contributed by atoms with van der Waals surface area (Å²) in [5.74, 6) is 0.873. The first kappa shape index (κ1) is 13.9. The molecular weight excluding hydrogens is 308 g/mol. The molecule has 0 radical (unpaired) electrons. The Morgan fingerprint density at radius 1 is 0.800 bits per heavy atom. The molecule has 5 rings (SSSR count). The number of aliphatic imine (C=N–C) groups is 1. The van der Waals surface area contributed by atoms with Gasteiger partial charge >= 0.3 is 0 Å². The molecule has 0 saturated carbocycles. The van der Waals surface area contributed by atoms with Crippen molar-refractivity contribution in [1.29, 1.82) is 0 Å². The smallest absolute Gasteiger partial charge is 0.151 e. The number of aromatic hydroxyl groups is 1. The Bertz CT molecular complexity index is 1230. The van der Waals surface area contributed by atoms with E-state index in [2.05, 4.69) is 46.4 Å². The minimum atomic E-state index is 0.255. The van der Waals surface area contributed by atoms with Crippen LogP contribution in [0.4, 0.5) is 5.82 Å². The Morgan fingerprint density at radius 3 is 2.40 bits per heavy atom. The maximum absolute atomic E-state index is 10.8. The summed E-state index contributed by atoms with van der Waals surface area (Å²) in [6.07, 6.45) is 3.37. The SMILES string of the molecule is Oc1c(/C=N/c2ccccn2)cc2ccc3cccc4ccc1c2c34. The molecule has 0 fully saturated rings. The van der Waals surface area contributed by atoms with Crippen LogP contribution in [0, 0.1) is 0 Å². The Labute approximate surface area is 144 Å². The van der Waals surface area contributed by atoms with Gasteiger partial charge < -0.3 is 5.11 Å².